The summed E-state index contributed by atoms with van der Waals surface area (Å²) >= 11 is 0. The number of esters is 1. The van der Waals surface area contributed by atoms with Gasteiger partial charge in [0.25, 0.3) is 5.91 Å². The van der Waals surface area contributed by atoms with E-state index in [1.54, 1.807) is 24.0 Å². The van der Waals surface area contributed by atoms with Crippen LogP contribution in [0.15, 0.2) is 54.6 Å². The maximum atomic E-state index is 12.9. The van der Waals surface area contributed by atoms with Gasteiger partial charge in [0.15, 0.2) is 6.10 Å². The summed E-state index contributed by atoms with van der Waals surface area (Å²) in [6.45, 7) is 3.54. The number of fused-ring (bicyclic) bond motifs is 1. The van der Waals surface area contributed by atoms with Gasteiger partial charge in [-0.15, -0.1) is 0 Å². The Morgan fingerprint density at radius 3 is 2.62 bits per heavy atom. The smallest absolute Gasteiger partial charge is 0.331 e. The summed E-state index contributed by atoms with van der Waals surface area (Å²) in [7, 11) is 0. The van der Waals surface area contributed by atoms with E-state index in [1.165, 1.54) is 24.3 Å². The predicted octanol–water partition coefficient (Wildman–Crippen LogP) is 3.75. The Kier molecular flexibility index (Phi) is 5.16. The molecule has 2 atom stereocenters. The van der Waals surface area contributed by atoms with Gasteiger partial charge in [-0.3, -0.25) is 4.79 Å². The van der Waals surface area contributed by atoms with Crippen molar-refractivity contribution in [3.05, 3.63) is 71.6 Å². The van der Waals surface area contributed by atoms with Crippen molar-refractivity contribution in [2.75, 3.05) is 4.90 Å². The number of anilines is 1. The molecule has 0 aromatic heterocycles. The molecule has 1 heterocycles. The fraction of sp³-hybridized carbons (Fsp3) is 0.238. The Morgan fingerprint density at radius 2 is 1.88 bits per heavy atom. The highest BCUT2D eigenvalue weighted by Crippen LogP contribution is 2.32. The summed E-state index contributed by atoms with van der Waals surface area (Å²) in [4.78, 5) is 26.4. The summed E-state index contributed by atoms with van der Waals surface area (Å²) in [5, 5.41) is 0. The van der Waals surface area contributed by atoms with E-state index < -0.39 is 12.1 Å². The quantitative estimate of drug-likeness (QED) is 0.621. The van der Waals surface area contributed by atoms with E-state index in [-0.39, 0.29) is 17.8 Å². The van der Waals surface area contributed by atoms with Crippen LogP contribution >= 0.6 is 0 Å². The van der Waals surface area contributed by atoms with Gasteiger partial charge in [0.1, 0.15) is 5.82 Å². The Hall–Kier alpha value is -2.95. The summed E-state index contributed by atoms with van der Waals surface area (Å²) in [5.74, 6) is -1.20. The van der Waals surface area contributed by atoms with E-state index in [0.29, 0.717) is 5.56 Å². The van der Waals surface area contributed by atoms with Crippen LogP contribution in [-0.4, -0.2) is 24.0 Å². The first-order chi connectivity index (χ1) is 12.5. The summed E-state index contributed by atoms with van der Waals surface area (Å²) in [6.07, 6.45) is 2.65. The number of hydrogen-bond donors (Lipinski definition) is 0. The first-order valence-corrected chi connectivity index (χ1v) is 8.51. The molecule has 0 fully saturated rings. The van der Waals surface area contributed by atoms with Crippen LogP contribution in [0.25, 0.3) is 6.08 Å². The lowest BCUT2D eigenvalue weighted by Crippen LogP contribution is -2.43. The van der Waals surface area contributed by atoms with Crippen LogP contribution in [0.3, 0.4) is 0 Å². The van der Waals surface area contributed by atoms with E-state index in [4.69, 9.17) is 4.74 Å². The van der Waals surface area contributed by atoms with Crippen molar-refractivity contribution in [2.24, 2.45) is 0 Å². The van der Waals surface area contributed by atoms with Crippen molar-refractivity contribution in [1.29, 1.82) is 0 Å². The van der Waals surface area contributed by atoms with Crippen LogP contribution in [0.4, 0.5) is 10.1 Å². The highest BCUT2D eigenvalue weighted by molar-refractivity contribution is 6.00. The minimum Gasteiger partial charge on any atom is -0.449 e. The number of halogens is 1. The topological polar surface area (TPSA) is 46.6 Å². The number of carbonyl (C=O) groups is 2. The zero-order chi connectivity index (χ0) is 18.7. The molecule has 4 nitrogen and oxygen atoms in total. The van der Waals surface area contributed by atoms with E-state index in [9.17, 15) is 14.0 Å². The SMILES string of the molecule is C[C@H](OC(=O)/C=C/c1ccc(F)cc1)C(=O)N1c2ccccc2C[C@H]1C. The van der Waals surface area contributed by atoms with Gasteiger partial charge >= 0.3 is 5.97 Å². The van der Waals surface area contributed by atoms with Crippen LogP contribution in [0.2, 0.25) is 0 Å². The second kappa shape index (κ2) is 7.52. The normalized spacial score (nSPS) is 17.2. The predicted molar refractivity (Wildman–Crippen MR) is 98.1 cm³/mol. The molecule has 0 N–H and O–H groups in total. The molecule has 1 aliphatic rings. The third-order valence-electron chi connectivity index (χ3n) is 4.37. The van der Waals surface area contributed by atoms with Crippen molar-refractivity contribution in [3.63, 3.8) is 0 Å². The van der Waals surface area contributed by atoms with Gasteiger partial charge in [0, 0.05) is 17.8 Å². The maximum Gasteiger partial charge on any atom is 0.331 e. The molecule has 0 aliphatic carbocycles. The Bertz CT molecular complexity index is 845. The molecular formula is C21H20FNO3. The summed E-state index contributed by atoms with van der Waals surface area (Å²) in [6, 6.07) is 13.5. The number of hydrogen-bond acceptors (Lipinski definition) is 3. The molecule has 134 valence electrons. The van der Waals surface area contributed by atoms with Crippen LogP contribution in [0.1, 0.15) is 25.0 Å². The molecule has 0 bridgehead atoms. The molecule has 3 rings (SSSR count). The van der Waals surface area contributed by atoms with Crippen molar-refractivity contribution < 1.29 is 18.7 Å². The number of rotatable bonds is 4. The van der Waals surface area contributed by atoms with Crippen LogP contribution in [-0.2, 0) is 20.7 Å². The van der Waals surface area contributed by atoms with E-state index in [2.05, 4.69) is 0 Å². The lowest BCUT2D eigenvalue weighted by molar-refractivity contribution is -0.149. The number of nitrogens with zero attached hydrogens (tertiary/aromatic N) is 1. The van der Waals surface area contributed by atoms with E-state index in [1.807, 2.05) is 31.2 Å². The van der Waals surface area contributed by atoms with E-state index >= 15 is 0 Å². The first-order valence-electron chi connectivity index (χ1n) is 8.51. The lowest BCUT2D eigenvalue weighted by atomic mass is 10.1. The molecule has 0 saturated heterocycles. The fourth-order valence-corrected chi connectivity index (χ4v) is 3.10. The molecule has 1 amide bonds. The number of amides is 1. The Morgan fingerprint density at radius 1 is 1.19 bits per heavy atom. The molecule has 2 aromatic carbocycles. The Balaban J connectivity index is 1.64. The van der Waals surface area contributed by atoms with Gasteiger partial charge in [-0.25, -0.2) is 9.18 Å². The first kappa shape index (κ1) is 17.9. The molecule has 0 spiro atoms. The summed E-state index contributed by atoms with van der Waals surface area (Å²) in [5.41, 5.74) is 2.65. The second-order valence-electron chi connectivity index (χ2n) is 6.35. The van der Waals surface area contributed by atoms with Crippen molar-refractivity contribution in [2.45, 2.75) is 32.4 Å². The maximum absolute atomic E-state index is 12.9. The van der Waals surface area contributed by atoms with Gasteiger partial charge < -0.3 is 9.64 Å². The standard InChI is InChI=1S/C21H20FNO3/c1-14-13-17-5-3-4-6-19(17)23(14)21(25)15(2)26-20(24)12-9-16-7-10-18(22)11-8-16/h3-12,14-15H,13H2,1-2H3/b12-9+/t14-,15+/m1/s1. The highest BCUT2D eigenvalue weighted by atomic mass is 19.1. The fourth-order valence-electron chi connectivity index (χ4n) is 3.10. The number of carbonyl (C=O) groups excluding carboxylic acids is 2. The van der Waals surface area contributed by atoms with Crippen LogP contribution in [0.5, 0.6) is 0 Å². The van der Waals surface area contributed by atoms with Gasteiger partial charge in [-0.2, -0.15) is 0 Å². The minimum absolute atomic E-state index is 0.0239. The molecule has 0 unspecified atom stereocenters. The van der Waals surface area contributed by atoms with Crippen molar-refractivity contribution in [1.82, 2.24) is 0 Å². The molecule has 0 saturated carbocycles. The van der Waals surface area contributed by atoms with Crippen LogP contribution in [0, 0.1) is 5.82 Å². The van der Waals surface area contributed by atoms with Gasteiger partial charge in [-0.1, -0.05) is 30.3 Å². The average molecular weight is 353 g/mol. The van der Waals surface area contributed by atoms with Crippen LogP contribution < -0.4 is 4.90 Å². The van der Waals surface area contributed by atoms with Crippen molar-refractivity contribution in [3.8, 4) is 0 Å². The molecular weight excluding hydrogens is 333 g/mol. The number of ether oxygens (including phenoxy) is 1. The van der Waals surface area contributed by atoms with E-state index in [0.717, 1.165) is 17.7 Å². The number of para-hydroxylation sites is 1. The van der Waals surface area contributed by atoms with Gasteiger partial charge in [0.05, 0.1) is 0 Å². The Labute approximate surface area is 151 Å². The highest BCUT2D eigenvalue weighted by Gasteiger charge is 2.34. The molecule has 2 aromatic rings. The monoisotopic (exact) mass is 353 g/mol. The van der Waals surface area contributed by atoms with Gasteiger partial charge in [-0.05, 0) is 55.7 Å². The molecule has 1 aliphatic heterocycles. The lowest BCUT2D eigenvalue weighted by Gasteiger charge is -2.25. The average Bonchev–Trinajstić information content (AvgIpc) is 2.96. The third-order valence-corrected chi connectivity index (χ3v) is 4.37. The molecule has 5 heteroatoms. The second-order valence-corrected chi connectivity index (χ2v) is 6.35. The summed E-state index contributed by atoms with van der Waals surface area (Å²) < 4.78 is 18.1. The molecule has 0 radical (unpaired) electrons. The molecule has 26 heavy (non-hydrogen) atoms. The minimum atomic E-state index is -0.894. The number of benzene rings is 2. The zero-order valence-electron chi connectivity index (χ0n) is 14.7. The van der Waals surface area contributed by atoms with Gasteiger partial charge in [0.2, 0.25) is 0 Å². The van der Waals surface area contributed by atoms with Crippen molar-refractivity contribution >= 4 is 23.6 Å². The largest absolute Gasteiger partial charge is 0.449 e. The zero-order valence-corrected chi connectivity index (χ0v) is 14.7. The third kappa shape index (κ3) is 3.82.